The van der Waals surface area contributed by atoms with Crippen molar-refractivity contribution in [2.24, 2.45) is 0 Å². The van der Waals surface area contributed by atoms with Gasteiger partial charge in [0, 0.05) is 0 Å². The maximum Gasteiger partial charge on any atom is 0.319 e. The Kier molecular flexibility index (Phi) is 6.34. The summed E-state index contributed by atoms with van der Waals surface area (Å²) in [5.74, 6) is -2.27. The fourth-order valence-corrected chi connectivity index (χ4v) is 2.97. The standard InChI is InChI=1S/C16H17FN4O4S/c1-3-10(15(24)25-2)26-16-20-12(18)11(14(23)21-16)19-13(22)8-6-4-5-7-9(8)17/h4-7,10H,3H2,1-2H3,(H,19,22)(H3,18,20,21,23)/t10-/m1/s1. The smallest absolute Gasteiger partial charge is 0.319 e. The second kappa shape index (κ2) is 8.48. The van der Waals surface area contributed by atoms with Crippen molar-refractivity contribution in [2.45, 2.75) is 23.8 Å². The van der Waals surface area contributed by atoms with Crippen molar-refractivity contribution in [1.82, 2.24) is 9.97 Å². The van der Waals surface area contributed by atoms with Crippen molar-refractivity contribution >= 4 is 35.1 Å². The minimum absolute atomic E-state index is 0.105. The van der Waals surface area contributed by atoms with E-state index in [1.54, 1.807) is 6.92 Å². The molecule has 1 aromatic carbocycles. The summed E-state index contributed by atoms with van der Waals surface area (Å²) < 4.78 is 18.3. The van der Waals surface area contributed by atoms with E-state index in [4.69, 9.17) is 5.73 Å². The zero-order chi connectivity index (χ0) is 19.3. The first-order chi connectivity index (χ1) is 12.4. The minimum atomic E-state index is -0.830. The molecule has 10 heteroatoms. The molecule has 138 valence electrons. The Morgan fingerprint density at radius 2 is 2.12 bits per heavy atom. The van der Waals surface area contributed by atoms with E-state index in [1.807, 2.05) is 0 Å². The number of nitrogens with one attached hydrogen (secondary N) is 2. The molecule has 0 saturated heterocycles. The fraction of sp³-hybridized carbons (Fsp3) is 0.250. The monoisotopic (exact) mass is 380 g/mol. The average molecular weight is 380 g/mol. The molecule has 0 saturated carbocycles. The Hall–Kier alpha value is -2.88. The van der Waals surface area contributed by atoms with Crippen LogP contribution in [0.2, 0.25) is 0 Å². The van der Waals surface area contributed by atoms with E-state index in [0.717, 1.165) is 17.8 Å². The van der Waals surface area contributed by atoms with Gasteiger partial charge in [-0.3, -0.25) is 19.4 Å². The summed E-state index contributed by atoms with van der Waals surface area (Å²) in [5.41, 5.74) is 4.49. The molecule has 0 aliphatic heterocycles. The number of thioether (sulfide) groups is 1. The molecule has 4 N–H and O–H groups in total. The molecule has 0 fully saturated rings. The Labute approximate surface area is 152 Å². The summed E-state index contributed by atoms with van der Waals surface area (Å²) in [4.78, 5) is 42.4. The van der Waals surface area contributed by atoms with Crippen LogP contribution in [0.15, 0.2) is 34.2 Å². The lowest BCUT2D eigenvalue weighted by Gasteiger charge is -2.12. The SMILES string of the molecule is CC[C@@H](Sc1nc(N)c(NC(=O)c2ccccc2F)c(=O)[nH]1)C(=O)OC. The zero-order valence-electron chi connectivity index (χ0n) is 14.0. The number of halogens is 1. The van der Waals surface area contributed by atoms with Crippen molar-refractivity contribution in [3.05, 3.63) is 46.0 Å². The van der Waals surface area contributed by atoms with Gasteiger partial charge in [0.2, 0.25) is 0 Å². The van der Waals surface area contributed by atoms with Crippen LogP contribution in [-0.2, 0) is 9.53 Å². The maximum absolute atomic E-state index is 13.7. The van der Waals surface area contributed by atoms with E-state index in [9.17, 15) is 18.8 Å². The number of carbonyl (C=O) groups is 2. The Bertz CT molecular complexity index is 887. The van der Waals surface area contributed by atoms with Crippen LogP contribution < -0.4 is 16.6 Å². The number of carbonyl (C=O) groups excluding carboxylic acids is 2. The van der Waals surface area contributed by atoms with Crippen LogP contribution in [-0.4, -0.2) is 34.2 Å². The number of ether oxygens (including phenoxy) is 1. The molecular weight excluding hydrogens is 363 g/mol. The number of amides is 1. The molecule has 1 atom stereocenters. The predicted molar refractivity (Wildman–Crippen MR) is 95.6 cm³/mol. The first-order valence-corrected chi connectivity index (χ1v) is 8.45. The minimum Gasteiger partial charge on any atom is -0.468 e. The highest BCUT2D eigenvalue weighted by Gasteiger charge is 2.22. The number of esters is 1. The summed E-state index contributed by atoms with van der Waals surface area (Å²) >= 11 is 0.982. The third kappa shape index (κ3) is 4.39. The van der Waals surface area contributed by atoms with Crippen LogP contribution in [0.5, 0.6) is 0 Å². The number of aromatic nitrogens is 2. The largest absolute Gasteiger partial charge is 0.468 e. The van der Waals surface area contributed by atoms with Gasteiger partial charge < -0.3 is 15.8 Å². The number of methoxy groups -OCH3 is 1. The highest BCUT2D eigenvalue weighted by atomic mass is 32.2. The second-order valence-corrected chi connectivity index (χ2v) is 6.29. The Balaban J connectivity index is 2.24. The van der Waals surface area contributed by atoms with Gasteiger partial charge in [-0.15, -0.1) is 0 Å². The summed E-state index contributed by atoms with van der Waals surface area (Å²) in [6.45, 7) is 1.78. The van der Waals surface area contributed by atoms with Crippen molar-refractivity contribution < 1.29 is 18.7 Å². The summed E-state index contributed by atoms with van der Waals surface area (Å²) in [6.07, 6.45) is 0.451. The molecule has 1 heterocycles. The van der Waals surface area contributed by atoms with Crippen LogP contribution in [0, 0.1) is 5.82 Å². The van der Waals surface area contributed by atoms with Gasteiger partial charge in [-0.1, -0.05) is 30.8 Å². The number of nitrogen functional groups attached to an aromatic ring is 1. The maximum atomic E-state index is 13.7. The van der Waals surface area contributed by atoms with Gasteiger partial charge in [0.25, 0.3) is 11.5 Å². The topological polar surface area (TPSA) is 127 Å². The lowest BCUT2D eigenvalue weighted by Crippen LogP contribution is -2.24. The molecule has 8 nitrogen and oxygen atoms in total. The summed E-state index contributed by atoms with van der Waals surface area (Å²) in [5, 5.41) is 1.79. The molecule has 1 amide bonds. The molecular formula is C16H17FN4O4S. The number of aromatic amines is 1. The van der Waals surface area contributed by atoms with Crippen molar-refractivity contribution in [1.29, 1.82) is 0 Å². The third-order valence-corrected chi connectivity index (χ3v) is 4.60. The molecule has 1 aromatic heterocycles. The number of nitrogens with two attached hydrogens (primary N) is 1. The summed E-state index contributed by atoms with van der Waals surface area (Å²) in [6, 6.07) is 5.32. The molecule has 2 aromatic rings. The zero-order valence-corrected chi connectivity index (χ0v) is 14.9. The Morgan fingerprint density at radius 1 is 1.42 bits per heavy atom. The van der Waals surface area contributed by atoms with Gasteiger partial charge in [0.1, 0.15) is 16.8 Å². The van der Waals surface area contributed by atoms with E-state index < -0.39 is 28.5 Å². The van der Waals surface area contributed by atoms with Crippen molar-refractivity contribution in [3.63, 3.8) is 0 Å². The lowest BCUT2D eigenvalue weighted by molar-refractivity contribution is -0.140. The van der Waals surface area contributed by atoms with Crippen molar-refractivity contribution in [2.75, 3.05) is 18.2 Å². The van der Waals surface area contributed by atoms with Gasteiger partial charge in [-0.05, 0) is 18.6 Å². The fourth-order valence-electron chi connectivity index (χ4n) is 2.04. The van der Waals surface area contributed by atoms with Gasteiger partial charge in [-0.2, -0.15) is 0 Å². The number of hydrogen-bond donors (Lipinski definition) is 3. The highest BCUT2D eigenvalue weighted by molar-refractivity contribution is 8.00. The molecule has 2 rings (SSSR count). The van der Waals surface area contributed by atoms with E-state index in [1.165, 1.54) is 25.3 Å². The number of nitrogens with zero attached hydrogens (tertiary/aromatic N) is 1. The van der Waals surface area contributed by atoms with Crippen LogP contribution in [0.3, 0.4) is 0 Å². The molecule has 0 radical (unpaired) electrons. The first-order valence-electron chi connectivity index (χ1n) is 7.57. The Morgan fingerprint density at radius 3 is 2.69 bits per heavy atom. The number of benzene rings is 1. The first kappa shape index (κ1) is 19.4. The molecule has 0 spiro atoms. The van der Waals surface area contributed by atoms with E-state index >= 15 is 0 Å². The van der Waals surface area contributed by atoms with Gasteiger partial charge in [0.05, 0.1) is 12.7 Å². The number of H-pyrrole nitrogens is 1. The molecule has 26 heavy (non-hydrogen) atoms. The van der Waals surface area contributed by atoms with Gasteiger partial charge in [-0.25, -0.2) is 9.37 Å². The number of rotatable bonds is 6. The number of hydrogen-bond acceptors (Lipinski definition) is 7. The summed E-state index contributed by atoms with van der Waals surface area (Å²) in [7, 11) is 1.26. The molecule has 0 bridgehead atoms. The third-order valence-electron chi connectivity index (χ3n) is 3.37. The molecule has 0 aliphatic carbocycles. The predicted octanol–water partition coefficient (Wildman–Crippen LogP) is 1.79. The highest BCUT2D eigenvalue weighted by Crippen LogP contribution is 2.24. The number of anilines is 2. The molecule has 0 unspecified atom stereocenters. The van der Waals surface area contributed by atoms with Crippen molar-refractivity contribution in [3.8, 4) is 0 Å². The van der Waals surface area contributed by atoms with E-state index in [-0.39, 0.29) is 22.2 Å². The van der Waals surface area contributed by atoms with E-state index in [2.05, 4.69) is 20.0 Å². The van der Waals surface area contributed by atoms with Crippen LogP contribution >= 0.6 is 11.8 Å². The van der Waals surface area contributed by atoms with Crippen LogP contribution in [0.25, 0.3) is 0 Å². The molecule has 0 aliphatic rings. The van der Waals surface area contributed by atoms with E-state index in [0.29, 0.717) is 6.42 Å². The second-order valence-electron chi connectivity index (χ2n) is 5.10. The lowest BCUT2D eigenvalue weighted by atomic mass is 10.2. The quantitative estimate of drug-likeness (QED) is 0.396. The van der Waals surface area contributed by atoms with Crippen LogP contribution in [0.1, 0.15) is 23.7 Å². The van der Waals surface area contributed by atoms with Gasteiger partial charge in [0.15, 0.2) is 11.0 Å². The van der Waals surface area contributed by atoms with Gasteiger partial charge >= 0.3 is 5.97 Å². The normalized spacial score (nSPS) is 11.7. The average Bonchev–Trinajstić information content (AvgIpc) is 2.62. The van der Waals surface area contributed by atoms with Crippen LogP contribution in [0.4, 0.5) is 15.9 Å².